The maximum Gasteiger partial charge on any atom is 0.345 e. The lowest BCUT2D eigenvalue weighted by molar-refractivity contribution is 0.363. The van der Waals surface area contributed by atoms with Gasteiger partial charge in [-0.2, -0.15) is 10.2 Å². The predicted molar refractivity (Wildman–Crippen MR) is 105 cm³/mol. The average molecular weight is 409 g/mol. The number of anilines is 2. The molecule has 9 nitrogen and oxygen atoms in total. The smallest absolute Gasteiger partial charge is 0.313 e. The van der Waals surface area contributed by atoms with Crippen LogP contribution in [0.25, 0.3) is 0 Å². The van der Waals surface area contributed by atoms with Crippen molar-refractivity contribution in [3.8, 4) is 6.19 Å². The number of benzene rings is 1. The number of rotatable bonds is 2. The van der Waals surface area contributed by atoms with Crippen LogP contribution in [0.3, 0.4) is 0 Å². The highest BCUT2D eigenvalue weighted by Gasteiger charge is 2.47. The van der Waals surface area contributed by atoms with Crippen molar-refractivity contribution in [1.29, 1.82) is 5.26 Å². The molecule has 1 unspecified atom stereocenters. The molecule has 1 aromatic carbocycles. The number of amidine groups is 1. The van der Waals surface area contributed by atoms with Gasteiger partial charge in [0.05, 0.1) is 11.9 Å². The first-order valence-corrected chi connectivity index (χ1v) is 10.1. The normalized spacial score (nSPS) is 23.0. The summed E-state index contributed by atoms with van der Waals surface area (Å²) in [4.78, 5) is 12.7. The van der Waals surface area contributed by atoms with Crippen molar-refractivity contribution in [1.82, 2.24) is 20.0 Å². The molecule has 146 valence electrons. The van der Waals surface area contributed by atoms with Gasteiger partial charge in [0.15, 0.2) is 29.3 Å². The number of halogens is 1. The molecule has 29 heavy (non-hydrogen) atoms. The number of hydrogen-bond donors (Lipinski definition) is 0. The maximum absolute atomic E-state index is 9.50. The minimum absolute atomic E-state index is 0.348. The number of nitriles is 1. The van der Waals surface area contributed by atoms with Crippen LogP contribution >= 0.6 is 11.6 Å². The number of aliphatic imine (C=N–C) groups is 1. The molecule has 0 spiro atoms. The standard InChI is InChI=1S/C19H17ClN8O/c20-18-25(10-21)9-15-27(18)14-8-4-3-7-13(14)17-22-11-26(28(15)17)19-23-16(24-29-19)12-5-1-2-6-12/h3-4,7-9,12,18H,1-2,5-6,11H2. The molecule has 1 saturated carbocycles. The second kappa shape index (κ2) is 6.12. The predicted octanol–water partition coefficient (Wildman–Crippen LogP) is 3.11. The zero-order valence-electron chi connectivity index (χ0n) is 15.4. The van der Waals surface area contributed by atoms with Crippen molar-refractivity contribution in [2.45, 2.75) is 37.2 Å². The topological polar surface area (TPSA) is 88.0 Å². The highest BCUT2D eigenvalue weighted by atomic mass is 35.5. The molecule has 1 fully saturated rings. The van der Waals surface area contributed by atoms with Gasteiger partial charge in [-0.15, -0.1) is 0 Å². The highest BCUT2D eigenvalue weighted by molar-refractivity contribution is 6.23. The van der Waals surface area contributed by atoms with E-state index < -0.39 is 5.62 Å². The summed E-state index contributed by atoms with van der Waals surface area (Å²) in [6.45, 7) is 0.348. The molecule has 4 aliphatic rings. The van der Waals surface area contributed by atoms with E-state index in [1.54, 1.807) is 6.20 Å². The monoisotopic (exact) mass is 408 g/mol. The lowest BCUT2D eigenvalue weighted by Gasteiger charge is -2.40. The first-order chi connectivity index (χ1) is 14.3. The van der Waals surface area contributed by atoms with Crippen LogP contribution in [0.15, 0.2) is 45.8 Å². The third kappa shape index (κ3) is 2.29. The fourth-order valence-corrected chi connectivity index (χ4v) is 4.77. The second-order valence-corrected chi connectivity index (χ2v) is 7.83. The Morgan fingerprint density at radius 1 is 1.21 bits per heavy atom. The SMILES string of the molecule is N#CN1C=C2N(c3ccccc3C3=NCN(c4nc(C5CCCC5)no4)N23)C1Cl. The van der Waals surface area contributed by atoms with Gasteiger partial charge in [0.25, 0.3) is 0 Å². The van der Waals surface area contributed by atoms with E-state index in [1.165, 1.54) is 17.7 Å². The number of nitrogens with zero attached hydrogens (tertiary/aromatic N) is 8. The van der Waals surface area contributed by atoms with Crippen molar-refractivity contribution >= 4 is 29.1 Å². The zero-order valence-corrected chi connectivity index (χ0v) is 16.2. The summed E-state index contributed by atoms with van der Waals surface area (Å²) in [7, 11) is 0. The average Bonchev–Trinajstić information content (AvgIpc) is 3.52. The Morgan fingerprint density at radius 2 is 2.03 bits per heavy atom. The molecule has 1 atom stereocenters. The fourth-order valence-electron chi connectivity index (χ4n) is 4.46. The van der Waals surface area contributed by atoms with Crippen LogP contribution < -0.4 is 9.91 Å². The Kier molecular flexibility index (Phi) is 3.52. The highest BCUT2D eigenvalue weighted by Crippen LogP contribution is 2.43. The molecule has 4 heterocycles. The summed E-state index contributed by atoms with van der Waals surface area (Å²) in [5.74, 6) is 2.62. The van der Waals surface area contributed by atoms with E-state index in [1.807, 2.05) is 39.2 Å². The third-order valence-electron chi connectivity index (χ3n) is 5.85. The van der Waals surface area contributed by atoms with Crippen molar-refractivity contribution in [2.75, 3.05) is 16.6 Å². The molecule has 0 amide bonds. The van der Waals surface area contributed by atoms with Crippen LogP contribution in [-0.2, 0) is 0 Å². The lowest BCUT2D eigenvalue weighted by atomic mass is 10.1. The van der Waals surface area contributed by atoms with Gasteiger partial charge in [-0.05, 0) is 25.0 Å². The largest absolute Gasteiger partial charge is 0.345 e. The molecular formula is C19H17ClN8O. The van der Waals surface area contributed by atoms with Gasteiger partial charge in [0, 0.05) is 11.5 Å². The van der Waals surface area contributed by atoms with Crippen LogP contribution in [0.5, 0.6) is 0 Å². The number of aromatic nitrogens is 2. The summed E-state index contributed by atoms with van der Waals surface area (Å²) in [6, 6.07) is 8.28. The first-order valence-electron chi connectivity index (χ1n) is 9.64. The van der Waals surface area contributed by atoms with Crippen LogP contribution in [0.2, 0.25) is 0 Å². The number of hydrogen-bond acceptors (Lipinski definition) is 9. The molecule has 2 aromatic rings. The zero-order chi connectivity index (χ0) is 19.5. The molecule has 1 aliphatic carbocycles. The lowest BCUT2D eigenvalue weighted by Crippen LogP contribution is -2.50. The Balaban J connectivity index is 1.43. The minimum atomic E-state index is -0.656. The van der Waals surface area contributed by atoms with Gasteiger partial charge >= 0.3 is 6.01 Å². The van der Waals surface area contributed by atoms with E-state index >= 15 is 0 Å². The second-order valence-electron chi connectivity index (χ2n) is 7.44. The number of alkyl halides is 1. The molecule has 1 aromatic heterocycles. The van der Waals surface area contributed by atoms with Gasteiger partial charge in [-0.25, -0.2) is 19.9 Å². The number of hydrazine groups is 1. The Morgan fingerprint density at radius 3 is 2.86 bits per heavy atom. The minimum Gasteiger partial charge on any atom is -0.313 e. The number of para-hydroxylation sites is 1. The summed E-state index contributed by atoms with van der Waals surface area (Å²) in [6.07, 6.45) is 8.45. The molecule has 0 radical (unpaired) electrons. The van der Waals surface area contributed by atoms with Gasteiger partial charge in [0.1, 0.15) is 6.67 Å². The van der Waals surface area contributed by atoms with Crippen molar-refractivity contribution in [2.24, 2.45) is 4.99 Å². The van der Waals surface area contributed by atoms with Crippen LogP contribution in [0.1, 0.15) is 43.0 Å². The van der Waals surface area contributed by atoms with Gasteiger partial charge < -0.3 is 4.52 Å². The van der Waals surface area contributed by atoms with Gasteiger partial charge in [-0.1, -0.05) is 41.7 Å². The van der Waals surface area contributed by atoms with E-state index in [2.05, 4.69) is 16.3 Å². The van der Waals surface area contributed by atoms with E-state index in [9.17, 15) is 5.26 Å². The first kappa shape index (κ1) is 16.7. The van der Waals surface area contributed by atoms with Gasteiger partial charge in [0.2, 0.25) is 0 Å². The van der Waals surface area contributed by atoms with E-state index in [0.717, 1.165) is 41.6 Å². The molecule has 10 heteroatoms. The van der Waals surface area contributed by atoms with Crippen LogP contribution in [-0.4, -0.2) is 38.2 Å². The van der Waals surface area contributed by atoms with Crippen molar-refractivity contribution < 1.29 is 4.52 Å². The van der Waals surface area contributed by atoms with Gasteiger partial charge in [-0.3, -0.25) is 4.90 Å². The van der Waals surface area contributed by atoms with Crippen LogP contribution in [0.4, 0.5) is 11.7 Å². The Hall–Kier alpha value is -3.25. The molecule has 0 saturated heterocycles. The van der Waals surface area contributed by atoms with Crippen LogP contribution in [0, 0.1) is 11.5 Å². The summed E-state index contributed by atoms with van der Waals surface area (Å²) < 4.78 is 5.62. The van der Waals surface area contributed by atoms with Crippen molar-refractivity contribution in [3.63, 3.8) is 0 Å². The summed E-state index contributed by atoms with van der Waals surface area (Å²) in [5.41, 5.74) is 1.19. The molecular weight excluding hydrogens is 392 g/mol. The molecule has 0 bridgehead atoms. The Bertz CT molecular complexity index is 1080. The van der Waals surface area contributed by atoms with E-state index in [-0.39, 0.29) is 0 Å². The summed E-state index contributed by atoms with van der Waals surface area (Å²) >= 11 is 6.59. The van der Waals surface area contributed by atoms with Crippen molar-refractivity contribution in [3.05, 3.63) is 47.7 Å². The quantitative estimate of drug-likeness (QED) is 0.425. The van der Waals surface area contributed by atoms with E-state index in [4.69, 9.17) is 21.1 Å². The number of fused-ring (bicyclic) bond motifs is 6. The maximum atomic E-state index is 9.50. The Labute approximate surface area is 172 Å². The summed E-state index contributed by atoms with van der Waals surface area (Å²) in [5, 5.41) is 17.5. The fraction of sp³-hybridized carbons (Fsp3) is 0.368. The molecule has 3 aliphatic heterocycles. The molecule has 6 rings (SSSR count). The third-order valence-corrected chi connectivity index (χ3v) is 6.26. The molecule has 0 N–H and O–H groups in total. The van der Waals surface area contributed by atoms with E-state index in [0.29, 0.717) is 18.6 Å².